The lowest BCUT2D eigenvalue weighted by atomic mass is 10.0. The molecule has 5 rings (SSSR count). The number of para-hydroxylation sites is 1. The van der Waals surface area contributed by atoms with Crippen LogP contribution in [0.5, 0.6) is 0 Å². The molecule has 0 bridgehead atoms. The van der Waals surface area contributed by atoms with Crippen molar-refractivity contribution in [3.63, 3.8) is 0 Å². The molecule has 5 aromatic rings. The second-order valence-corrected chi connectivity index (χ2v) is 7.96. The van der Waals surface area contributed by atoms with E-state index in [1.807, 2.05) is 12.1 Å². The van der Waals surface area contributed by atoms with Crippen molar-refractivity contribution in [2.45, 2.75) is 19.1 Å². The van der Waals surface area contributed by atoms with Crippen LogP contribution in [0.4, 0.5) is 10.1 Å². The molecule has 1 N–H and O–H groups in total. The second-order valence-electron chi connectivity index (χ2n) is 7.96. The maximum absolute atomic E-state index is 13.8. The first-order valence-corrected chi connectivity index (χ1v) is 11.2. The minimum absolute atomic E-state index is 0.127. The molecule has 1 atom stereocenters. The van der Waals surface area contributed by atoms with Gasteiger partial charge in [-0.3, -0.25) is 19.5 Å². The van der Waals surface area contributed by atoms with Gasteiger partial charge in [0.25, 0.3) is 0 Å². The van der Waals surface area contributed by atoms with Crippen molar-refractivity contribution in [1.82, 2.24) is 25.3 Å². The summed E-state index contributed by atoms with van der Waals surface area (Å²) in [4.78, 5) is 32.8. The Labute approximate surface area is 205 Å². The number of halogens is 1. The van der Waals surface area contributed by atoms with Gasteiger partial charge >= 0.3 is 0 Å². The Morgan fingerprint density at radius 2 is 1.86 bits per heavy atom. The quantitative estimate of drug-likeness (QED) is 0.360. The van der Waals surface area contributed by atoms with Crippen LogP contribution in [0.1, 0.15) is 17.4 Å². The van der Waals surface area contributed by atoms with Crippen LogP contribution >= 0.6 is 0 Å². The van der Waals surface area contributed by atoms with Crippen molar-refractivity contribution in [2.75, 3.05) is 4.90 Å². The van der Waals surface area contributed by atoms with Gasteiger partial charge in [0.05, 0.1) is 18.3 Å². The Kier molecular flexibility index (Phi) is 6.48. The highest BCUT2D eigenvalue weighted by Gasteiger charge is 2.33. The van der Waals surface area contributed by atoms with Gasteiger partial charge in [0.1, 0.15) is 29.7 Å². The van der Waals surface area contributed by atoms with E-state index in [4.69, 9.17) is 4.42 Å². The van der Waals surface area contributed by atoms with Crippen LogP contribution in [0.25, 0.3) is 11.0 Å². The molecule has 2 aromatic carbocycles. The fraction of sp³-hybridized carbons (Fsp3) is 0.115. The number of hydrogen-bond acceptors (Lipinski definition) is 6. The predicted molar refractivity (Wildman–Crippen MR) is 129 cm³/mol. The fourth-order valence-electron chi connectivity index (χ4n) is 3.92. The predicted octanol–water partition coefficient (Wildman–Crippen LogP) is 3.65. The first-order valence-electron chi connectivity index (χ1n) is 11.2. The monoisotopic (exact) mass is 484 g/mol. The van der Waals surface area contributed by atoms with Crippen LogP contribution in [0.15, 0.2) is 95.9 Å². The molecule has 36 heavy (non-hydrogen) atoms. The van der Waals surface area contributed by atoms with Gasteiger partial charge in [0.15, 0.2) is 0 Å². The molecule has 0 radical (unpaired) electrons. The number of fused-ring (bicyclic) bond motifs is 1. The van der Waals surface area contributed by atoms with E-state index in [0.29, 0.717) is 28.0 Å². The van der Waals surface area contributed by atoms with E-state index in [9.17, 15) is 14.0 Å². The molecule has 0 saturated carbocycles. The van der Waals surface area contributed by atoms with E-state index in [2.05, 4.69) is 20.6 Å². The summed E-state index contributed by atoms with van der Waals surface area (Å²) in [6, 6.07) is 18.4. The van der Waals surface area contributed by atoms with Crippen molar-refractivity contribution >= 4 is 28.5 Å². The molecule has 0 unspecified atom stereocenters. The Morgan fingerprint density at radius 1 is 1.03 bits per heavy atom. The van der Waals surface area contributed by atoms with Gasteiger partial charge in [0, 0.05) is 23.6 Å². The highest BCUT2D eigenvalue weighted by molar-refractivity contribution is 6.01. The first-order chi connectivity index (χ1) is 17.6. The molecule has 2 amide bonds. The van der Waals surface area contributed by atoms with E-state index in [0.717, 1.165) is 0 Å². The van der Waals surface area contributed by atoms with Gasteiger partial charge in [-0.2, -0.15) is 0 Å². The van der Waals surface area contributed by atoms with E-state index < -0.39 is 23.7 Å². The summed E-state index contributed by atoms with van der Waals surface area (Å²) in [5.41, 5.74) is 2.13. The summed E-state index contributed by atoms with van der Waals surface area (Å²) in [7, 11) is 0. The number of amides is 2. The summed E-state index contributed by atoms with van der Waals surface area (Å²) in [5.74, 6) is -0.810. The third kappa shape index (κ3) is 4.83. The van der Waals surface area contributed by atoms with Gasteiger partial charge in [-0.25, -0.2) is 9.07 Å². The Bertz CT molecular complexity index is 1470. The lowest BCUT2D eigenvalue weighted by Crippen LogP contribution is -2.45. The van der Waals surface area contributed by atoms with Crippen LogP contribution in [-0.4, -0.2) is 31.8 Å². The number of rotatable bonds is 8. The van der Waals surface area contributed by atoms with Gasteiger partial charge in [-0.15, -0.1) is 5.10 Å². The Morgan fingerprint density at radius 3 is 2.61 bits per heavy atom. The molecule has 0 fully saturated rings. The molecule has 0 aliphatic heterocycles. The molecule has 0 aliphatic carbocycles. The number of aromatic nitrogens is 4. The third-order valence-electron chi connectivity index (χ3n) is 5.60. The number of carbonyl (C=O) groups is 2. The molecule has 0 spiro atoms. The lowest BCUT2D eigenvalue weighted by molar-refractivity contribution is -0.127. The first kappa shape index (κ1) is 22.9. The average Bonchev–Trinajstić information content (AvgIpc) is 3.57. The molecule has 180 valence electrons. The standard InChI is InChI=1S/C26H21FN6O3/c27-19-9-11-20(12-10-19)33(24(34)17-32-23-8-2-1-7-22(23)30-31-32)25(18-5-3-13-28-15-18)26(35)29-16-21-6-4-14-36-21/h1-15,25H,16-17H2,(H,29,35)/t25-/m0/s1. The van der Waals surface area contributed by atoms with Crippen LogP contribution in [0, 0.1) is 5.82 Å². The van der Waals surface area contributed by atoms with E-state index in [1.165, 1.54) is 46.3 Å². The summed E-state index contributed by atoms with van der Waals surface area (Å²) >= 11 is 0. The topological polar surface area (TPSA) is 106 Å². The summed E-state index contributed by atoms with van der Waals surface area (Å²) in [6.07, 6.45) is 4.61. The normalized spacial score (nSPS) is 11.8. The molecule has 10 heteroatoms. The maximum Gasteiger partial charge on any atom is 0.249 e. The van der Waals surface area contributed by atoms with Crippen molar-refractivity contribution in [3.8, 4) is 0 Å². The Balaban J connectivity index is 1.54. The van der Waals surface area contributed by atoms with E-state index in [-0.39, 0.29) is 13.1 Å². The highest BCUT2D eigenvalue weighted by Crippen LogP contribution is 2.29. The number of nitrogens with one attached hydrogen (secondary N) is 1. The van der Waals surface area contributed by atoms with Crippen LogP contribution in [0.2, 0.25) is 0 Å². The van der Waals surface area contributed by atoms with Gasteiger partial charge in [-0.1, -0.05) is 23.4 Å². The number of nitrogens with zero attached hydrogens (tertiary/aromatic N) is 5. The number of carbonyl (C=O) groups excluding carboxylic acids is 2. The zero-order valence-corrected chi connectivity index (χ0v) is 19.0. The largest absolute Gasteiger partial charge is 0.467 e. The minimum atomic E-state index is -1.10. The minimum Gasteiger partial charge on any atom is -0.467 e. The summed E-state index contributed by atoms with van der Waals surface area (Å²) in [5, 5.41) is 11.0. The van der Waals surface area contributed by atoms with Crippen LogP contribution in [0.3, 0.4) is 0 Å². The average molecular weight is 484 g/mol. The lowest BCUT2D eigenvalue weighted by Gasteiger charge is -2.31. The van der Waals surface area contributed by atoms with E-state index >= 15 is 0 Å². The van der Waals surface area contributed by atoms with Gasteiger partial charge < -0.3 is 9.73 Å². The second kappa shape index (κ2) is 10.2. The third-order valence-corrected chi connectivity index (χ3v) is 5.60. The van der Waals surface area contributed by atoms with Crippen LogP contribution < -0.4 is 10.2 Å². The highest BCUT2D eigenvalue weighted by atomic mass is 19.1. The zero-order valence-electron chi connectivity index (χ0n) is 19.0. The number of benzene rings is 2. The molecule has 3 heterocycles. The summed E-state index contributed by atoms with van der Waals surface area (Å²) in [6.45, 7) is -0.0676. The molecule has 9 nitrogen and oxygen atoms in total. The maximum atomic E-state index is 13.8. The number of furan rings is 1. The number of pyridine rings is 1. The summed E-state index contributed by atoms with van der Waals surface area (Å²) < 4.78 is 20.6. The number of hydrogen-bond donors (Lipinski definition) is 1. The Hall–Kier alpha value is -4.86. The fourth-order valence-corrected chi connectivity index (χ4v) is 3.92. The van der Waals surface area contributed by atoms with E-state index in [1.54, 1.807) is 42.6 Å². The van der Waals surface area contributed by atoms with Crippen molar-refractivity contribution in [3.05, 3.63) is 109 Å². The van der Waals surface area contributed by atoms with Crippen molar-refractivity contribution < 1.29 is 18.4 Å². The molecule has 0 saturated heterocycles. The number of anilines is 1. The van der Waals surface area contributed by atoms with Crippen molar-refractivity contribution in [1.29, 1.82) is 0 Å². The molecule has 0 aliphatic rings. The smallest absolute Gasteiger partial charge is 0.249 e. The zero-order chi connectivity index (χ0) is 24.9. The van der Waals surface area contributed by atoms with Gasteiger partial charge in [-0.05, 0) is 54.6 Å². The van der Waals surface area contributed by atoms with Crippen molar-refractivity contribution in [2.24, 2.45) is 0 Å². The van der Waals surface area contributed by atoms with Crippen LogP contribution in [-0.2, 0) is 22.7 Å². The molecular formula is C26H21FN6O3. The SMILES string of the molecule is O=C(NCc1ccco1)[C@H](c1cccnc1)N(C(=O)Cn1nnc2ccccc21)c1ccc(F)cc1. The molecular weight excluding hydrogens is 463 g/mol. The molecule has 3 aromatic heterocycles. The van der Waals surface area contributed by atoms with Gasteiger partial charge in [0.2, 0.25) is 11.8 Å².